The van der Waals surface area contributed by atoms with Gasteiger partial charge in [-0.1, -0.05) is 13.3 Å². The van der Waals surface area contributed by atoms with Gasteiger partial charge in [-0.3, -0.25) is 0 Å². The summed E-state index contributed by atoms with van der Waals surface area (Å²) in [6, 6.07) is 9.73. The van der Waals surface area contributed by atoms with E-state index in [-0.39, 0.29) is 0 Å². The quantitative estimate of drug-likeness (QED) is 0.592. The number of nitrogens with zero attached hydrogens (tertiary/aromatic N) is 1. The highest BCUT2D eigenvalue weighted by Crippen LogP contribution is 2.17. The SMILES string of the molecule is CCCCOCCNc1ccc2cc(N)ccc2n1. The molecule has 19 heavy (non-hydrogen) atoms. The maximum Gasteiger partial charge on any atom is 0.126 e. The standard InChI is InChI=1S/C15H21N3O/c1-2-3-9-19-10-8-17-15-7-4-12-11-13(16)5-6-14(12)18-15/h4-7,11H,2-3,8-10,16H2,1H3,(H,17,18). The van der Waals surface area contributed by atoms with E-state index in [1.165, 1.54) is 6.42 Å². The number of anilines is 2. The van der Waals surface area contributed by atoms with Gasteiger partial charge >= 0.3 is 0 Å². The Labute approximate surface area is 114 Å². The van der Waals surface area contributed by atoms with E-state index in [0.29, 0.717) is 6.61 Å². The fourth-order valence-corrected chi connectivity index (χ4v) is 1.84. The van der Waals surface area contributed by atoms with E-state index >= 15 is 0 Å². The summed E-state index contributed by atoms with van der Waals surface area (Å²) in [5.41, 5.74) is 7.45. The Morgan fingerprint density at radius 2 is 2.11 bits per heavy atom. The molecule has 0 aliphatic carbocycles. The average Bonchev–Trinajstić information content (AvgIpc) is 2.43. The molecule has 0 atom stereocenters. The van der Waals surface area contributed by atoms with Crippen molar-refractivity contribution in [1.29, 1.82) is 0 Å². The number of fused-ring (bicyclic) bond motifs is 1. The molecule has 1 aromatic heterocycles. The predicted octanol–water partition coefficient (Wildman–Crippen LogP) is 3.05. The second-order valence-electron chi connectivity index (χ2n) is 4.54. The van der Waals surface area contributed by atoms with Gasteiger partial charge in [0.05, 0.1) is 12.1 Å². The molecular formula is C15H21N3O. The molecule has 1 aromatic carbocycles. The van der Waals surface area contributed by atoms with Gasteiger partial charge in [0.25, 0.3) is 0 Å². The van der Waals surface area contributed by atoms with Gasteiger partial charge in [-0.2, -0.15) is 0 Å². The summed E-state index contributed by atoms with van der Waals surface area (Å²) >= 11 is 0. The number of aromatic nitrogens is 1. The Morgan fingerprint density at radius 1 is 1.21 bits per heavy atom. The molecule has 0 aliphatic heterocycles. The van der Waals surface area contributed by atoms with Gasteiger partial charge in [-0.25, -0.2) is 4.98 Å². The van der Waals surface area contributed by atoms with Crippen molar-refractivity contribution in [1.82, 2.24) is 4.98 Å². The number of benzene rings is 1. The molecular weight excluding hydrogens is 238 g/mol. The van der Waals surface area contributed by atoms with Crippen molar-refractivity contribution in [2.45, 2.75) is 19.8 Å². The fraction of sp³-hybridized carbons (Fsp3) is 0.400. The molecule has 2 rings (SSSR count). The van der Waals surface area contributed by atoms with Crippen LogP contribution in [0.4, 0.5) is 11.5 Å². The Bertz CT molecular complexity index is 528. The number of nitrogen functional groups attached to an aromatic ring is 1. The molecule has 0 aliphatic rings. The maximum absolute atomic E-state index is 5.74. The predicted molar refractivity (Wildman–Crippen MR) is 80.4 cm³/mol. The van der Waals surface area contributed by atoms with Gasteiger partial charge in [-0.05, 0) is 36.8 Å². The van der Waals surface area contributed by atoms with Crippen LogP contribution >= 0.6 is 0 Å². The number of hydrogen-bond acceptors (Lipinski definition) is 4. The molecule has 0 saturated carbocycles. The molecule has 0 fully saturated rings. The van der Waals surface area contributed by atoms with Crippen molar-refractivity contribution in [3.05, 3.63) is 30.3 Å². The van der Waals surface area contributed by atoms with Crippen LogP contribution in [0.15, 0.2) is 30.3 Å². The van der Waals surface area contributed by atoms with E-state index in [9.17, 15) is 0 Å². The topological polar surface area (TPSA) is 60.2 Å². The minimum Gasteiger partial charge on any atom is -0.399 e. The zero-order valence-electron chi connectivity index (χ0n) is 11.4. The lowest BCUT2D eigenvalue weighted by Crippen LogP contribution is -2.10. The number of nitrogens with two attached hydrogens (primary N) is 1. The number of hydrogen-bond donors (Lipinski definition) is 2. The van der Waals surface area contributed by atoms with Crippen LogP contribution in [0.5, 0.6) is 0 Å². The second kappa shape index (κ2) is 6.95. The first-order valence-corrected chi connectivity index (χ1v) is 6.77. The van der Waals surface area contributed by atoms with Gasteiger partial charge in [-0.15, -0.1) is 0 Å². The number of rotatable bonds is 7. The van der Waals surface area contributed by atoms with Crippen LogP contribution in [0.1, 0.15) is 19.8 Å². The van der Waals surface area contributed by atoms with E-state index in [1.807, 2.05) is 30.3 Å². The minimum absolute atomic E-state index is 0.710. The lowest BCUT2D eigenvalue weighted by Gasteiger charge is -2.07. The molecule has 0 unspecified atom stereocenters. The summed E-state index contributed by atoms with van der Waals surface area (Å²) in [6.45, 7) is 4.48. The molecule has 2 aromatic rings. The smallest absolute Gasteiger partial charge is 0.126 e. The summed E-state index contributed by atoms with van der Waals surface area (Å²) in [6.07, 6.45) is 2.29. The molecule has 0 bridgehead atoms. The Morgan fingerprint density at radius 3 is 2.95 bits per heavy atom. The first kappa shape index (κ1) is 13.6. The normalized spacial score (nSPS) is 10.8. The van der Waals surface area contributed by atoms with Gasteiger partial charge in [0.1, 0.15) is 5.82 Å². The number of unbranched alkanes of at least 4 members (excludes halogenated alkanes) is 1. The minimum atomic E-state index is 0.710. The lowest BCUT2D eigenvalue weighted by atomic mass is 10.2. The molecule has 1 heterocycles. The molecule has 3 N–H and O–H groups in total. The zero-order valence-corrected chi connectivity index (χ0v) is 11.4. The maximum atomic E-state index is 5.74. The van der Waals surface area contributed by atoms with E-state index in [0.717, 1.165) is 42.0 Å². The van der Waals surface area contributed by atoms with Crippen LogP contribution in [0.3, 0.4) is 0 Å². The Kier molecular flexibility index (Phi) is 4.98. The van der Waals surface area contributed by atoms with E-state index in [4.69, 9.17) is 10.5 Å². The van der Waals surface area contributed by atoms with Gasteiger partial charge in [0, 0.05) is 24.2 Å². The van der Waals surface area contributed by atoms with Crippen LogP contribution < -0.4 is 11.1 Å². The van der Waals surface area contributed by atoms with Crippen LogP contribution in [0.2, 0.25) is 0 Å². The number of nitrogens with one attached hydrogen (secondary N) is 1. The third-order valence-corrected chi connectivity index (χ3v) is 2.91. The summed E-state index contributed by atoms with van der Waals surface area (Å²) < 4.78 is 5.49. The lowest BCUT2D eigenvalue weighted by molar-refractivity contribution is 0.141. The molecule has 0 radical (unpaired) electrons. The number of ether oxygens (including phenoxy) is 1. The molecule has 4 heteroatoms. The van der Waals surface area contributed by atoms with Crippen LogP contribution in [0.25, 0.3) is 10.9 Å². The van der Waals surface area contributed by atoms with Crippen molar-refractivity contribution < 1.29 is 4.74 Å². The highest BCUT2D eigenvalue weighted by Gasteiger charge is 1.98. The monoisotopic (exact) mass is 259 g/mol. The molecule has 0 amide bonds. The van der Waals surface area contributed by atoms with Crippen molar-refractivity contribution in [3.63, 3.8) is 0 Å². The molecule has 0 spiro atoms. The van der Waals surface area contributed by atoms with Crippen LogP contribution in [-0.4, -0.2) is 24.7 Å². The van der Waals surface area contributed by atoms with E-state index in [1.54, 1.807) is 0 Å². The Hall–Kier alpha value is -1.81. The van der Waals surface area contributed by atoms with Gasteiger partial charge in [0.2, 0.25) is 0 Å². The van der Waals surface area contributed by atoms with Crippen molar-refractivity contribution in [3.8, 4) is 0 Å². The van der Waals surface area contributed by atoms with Gasteiger partial charge in [0.15, 0.2) is 0 Å². The van der Waals surface area contributed by atoms with Crippen LogP contribution in [-0.2, 0) is 4.74 Å². The van der Waals surface area contributed by atoms with Crippen molar-refractivity contribution in [2.75, 3.05) is 30.8 Å². The molecule has 4 nitrogen and oxygen atoms in total. The van der Waals surface area contributed by atoms with E-state index in [2.05, 4.69) is 17.2 Å². The summed E-state index contributed by atoms with van der Waals surface area (Å²) in [5, 5.41) is 4.32. The summed E-state index contributed by atoms with van der Waals surface area (Å²) in [4.78, 5) is 4.53. The first-order chi connectivity index (χ1) is 9.29. The van der Waals surface area contributed by atoms with Crippen LogP contribution in [0, 0.1) is 0 Å². The van der Waals surface area contributed by atoms with Crippen molar-refractivity contribution in [2.24, 2.45) is 0 Å². The first-order valence-electron chi connectivity index (χ1n) is 6.77. The number of pyridine rings is 1. The van der Waals surface area contributed by atoms with Gasteiger partial charge < -0.3 is 15.8 Å². The molecule has 0 saturated heterocycles. The highest BCUT2D eigenvalue weighted by molar-refractivity contribution is 5.83. The molecule has 102 valence electrons. The average molecular weight is 259 g/mol. The summed E-state index contributed by atoms with van der Waals surface area (Å²) in [7, 11) is 0. The largest absolute Gasteiger partial charge is 0.399 e. The fourth-order valence-electron chi connectivity index (χ4n) is 1.84. The highest BCUT2D eigenvalue weighted by atomic mass is 16.5. The van der Waals surface area contributed by atoms with E-state index < -0.39 is 0 Å². The second-order valence-corrected chi connectivity index (χ2v) is 4.54. The Balaban J connectivity index is 1.86. The van der Waals surface area contributed by atoms with Crippen molar-refractivity contribution >= 4 is 22.4 Å². The third kappa shape index (κ3) is 4.10. The zero-order chi connectivity index (χ0) is 13.5. The third-order valence-electron chi connectivity index (χ3n) is 2.91. The summed E-state index contributed by atoms with van der Waals surface area (Å²) in [5.74, 6) is 0.872.